The van der Waals surface area contributed by atoms with Gasteiger partial charge in [0, 0.05) is 24.6 Å². The molecule has 3 N–H and O–H groups in total. The fraction of sp³-hybridized carbons (Fsp3) is 0.517. The fourth-order valence-electron chi connectivity index (χ4n) is 4.24. The molecule has 0 spiro atoms. The molecule has 3 atom stereocenters. The van der Waals surface area contributed by atoms with Crippen molar-refractivity contribution in [2.24, 2.45) is 10.5 Å². The Morgan fingerprint density at radius 2 is 1.83 bits per heavy atom. The van der Waals surface area contributed by atoms with Gasteiger partial charge in [0.15, 0.2) is 6.10 Å². The highest BCUT2D eigenvalue weighted by Crippen LogP contribution is 2.30. The van der Waals surface area contributed by atoms with Gasteiger partial charge in [0.2, 0.25) is 0 Å². The van der Waals surface area contributed by atoms with Gasteiger partial charge in [-0.05, 0) is 36.2 Å². The molecular weight excluding hydrogens is 539 g/mol. The number of ether oxygens (including phenoxy) is 1. The molecule has 1 aromatic carbocycles. The van der Waals surface area contributed by atoms with Crippen LogP contribution in [0.25, 0.3) is 0 Å². The Balaban J connectivity index is 1.65. The average molecular weight is 578 g/mol. The third kappa shape index (κ3) is 9.44. The molecule has 1 aromatic heterocycles. The van der Waals surface area contributed by atoms with Gasteiger partial charge >= 0.3 is 12.3 Å². The molecular formula is C29H38F3N5O4. The minimum Gasteiger partial charge on any atom is -0.444 e. The summed E-state index contributed by atoms with van der Waals surface area (Å²) in [7, 11) is 0. The standard InChI is InChI=1S/C29H38F3N5O4/c1-5-6-9-22(25(38)26(39)35-24-10-7-8-16-33-24)34-27(40)41-23(28(2,3)4)18-37-17-15-21(36-37)19-11-13-20(14-12-19)29(30,31)32/h7-8,10-14,16,22-23,25,38H,5-6,9,15,17-18H2,1-4H3,(H,34,40)(H,33,35,39)/t22-,23+,25+/m0/s1. The van der Waals surface area contributed by atoms with E-state index < -0.39 is 47.4 Å². The Hall–Kier alpha value is -3.67. The number of carbonyl (C=O) groups excluding carboxylic acids is 2. The first-order valence-electron chi connectivity index (χ1n) is 13.6. The van der Waals surface area contributed by atoms with Crippen LogP contribution in [-0.4, -0.2) is 64.2 Å². The lowest BCUT2D eigenvalue weighted by molar-refractivity contribution is -0.137. The summed E-state index contributed by atoms with van der Waals surface area (Å²) in [6.45, 7) is 8.45. The van der Waals surface area contributed by atoms with Gasteiger partial charge in [0.05, 0.1) is 23.9 Å². The van der Waals surface area contributed by atoms with E-state index in [9.17, 15) is 27.9 Å². The fourth-order valence-corrected chi connectivity index (χ4v) is 4.24. The summed E-state index contributed by atoms with van der Waals surface area (Å²) >= 11 is 0. The second kappa shape index (κ2) is 13.8. The summed E-state index contributed by atoms with van der Waals surface area (Å²) in [5.74, 6) is -0.414. The normalized spacial score (nSPS) is 16.0. The molecule has 224 valence electrons. The number of aliphatic hydroxyl groups excluding tert-OH is 1. The zero-order chi connectivity index (χ0) is 30.2. The summed E-state index contributed by atoms with van der Waals surface area (Å²) in [6.07, 6.45) is -3.48. The smallest absolute Gasteiger partial charge is 0.416 e. The molecule has 3 rings (SSSR count). The summed E-state index contributed by atoms with van der Waals surface area (Å²) in [5.41, 5.74) is 0.0406. The molecule has 12 heteroatoms. The van der Waals surface area contributed by atoms with Crippen LogP contribution in [0.1, 0.15) is 64.5 Å². The number of nitrogens with one attached hydrogen (secondary N) is 2. The average Bonchev–Trinajstić information content (AvgIpc) is 3.38. The van der Waals surface area contributed by atoms with Gasteiger partial charge in [-0.1, -0.05) is 58.7 Å². The Bertz CT molecular complexity index is 1180. The number of nitrogens with zero attached hydrogens (tertiary/aromatic N) is 3. The maximum absolute atomic E-state index is 13.0. The number of alkyl carbamates (subject to hydrolysis) is 1. The first-order valence-corrected chi connectivity index (χ1v) is 13.6. The molecule has 0 radical (unpaired) electrons. The molecule has 0 saturated heterocycles. The quantitative estimate of drug-likeness (QED) is 0.338. The van der Waals surface area contributed by atoms with Crippen molar-refractivity contribution in [3.63, 3.8) is 0 Å². The molecule has 1 aliphatic rings. The SMILES string of the molecule is CCCC[C@H](NC(=O)O[C@H](CN1CCC(c2ccc(C(F)(F)F)cc2)=N1)C(C)(C)C)[C@@H](O)C(=O)Nc1ccccn1. The molecule has 1 aliphatic heterocycles. The lowest BCUT2D eigenvalue weighted by Crippen LogP contribution is -2.51. The number of hydrogen-bond donors (Lipinski definition) is 3. The lowest BCUT2D eigenvalue weighted by atomic mass is 9.89. The van der Waals surface area contributed by atoms with Crippen LogP contribution in [0.15, 0.2) is 53.8 Å². The van der Waals surface area contributed by atoms with E-state index in [4.69, 9.17) is 4.74 Å². The number of hydrogen-bond acceptors (Lipinski definition) is 7. The van der Waals surface area contributed by atoms with Crippen molar-refractivity contribution in [1.82, 2.24) is 15.3 Å². The first kappa shape index (κ1) is 31.9. The van der Waals surface area contributed by atoms with Crippen molar-refractivity contribution < 1.29 is 32.6 Å². The zero-order valence-corrected chi connectivity index (χ0v) is 23.7. The van der Waals surface area contributed by atoms with Gasteiger partial charge in [0.25, 0.3) is 5.91 Å². The molecule has 0 bridgehead atoms. The number of anilines is 1. The number of alkyl halides is 3. The van der Waals surface area contributed by atoms with Crippen molar-refractivity contribution in [2.75, 3.05) is 18.4 Å². The predicted molar refractivity (Wildman–Crippen MR) is 149 cm³/mol. The number of hydrazone groups is 1. The number of unbranched alkanes of at least 4 members (excludes halogenated alkanes) is 1. The molecule has 0 unspecified atom stereocenters. The highest BCUT2D eigenvalue weighted by Gasteiger charge is 2.34. The molecule has 0 fully saturated rings. The van der Waals surface area contributed by atoms with E-state index in [1.165, 1.54) is 18.3 Å². The number of halogens is 3. The third-order valence-electron chi connectivity index (χ3n) is 6.74. The summed E-state index contributed by atoms with van der Waals surface area (Å²) in [6, 6.07) is 8.97. The van der Waals surface area contributed by atoms with Crippen LogP contribution in [0, 0.1) is 5.41 Å². The number of rotatable bonds is 11. The number of aliphatic hydroxyl groups is 1. The van der Waals surface area contributed by atoms with Crippen LogP contribution in [0.4, 0.5) is 23.8 Å². The largest absolute Gasteiger partial charge is 0.444 e. The molecule has 41 heavy (non-hydrogen) atoms. The monoisotopic (exact) mass is 577 g/mol. The lowest BCUT2D eigenvalue weighted by Gasteiger charge is -2.33. The van der Waals surface area contributed by atoms with Crippen molar-refractivity contribution in [3.8, 4) is 0 Å². The van der Waals surface area contributed by atoms with Gasteiger partial charge in [0.1, 0.15) is 11.9 Å². The van der Waals surface area contributed by atoms with Crippen LogP contribution in [0.3, 0.4) is 0 Å². The minimum absolute atomic E-state index is 0.253. The maximum atomic E-state index is 13.0. The van der Waals surface area contributed by atoms with Crippen molar-refractivity contribution >= 4 is 23.5 Å². The second-order valence-electron chi connectivity index (χ2n) is 11.1. The Morgan fingerprint density at radius 1 is 1.12 bits per heavy atom. The Morgan fingerprint density at radius 3 is 2.41 bits per heavy atom. The Labute approximate surface area is 238 Å². The van der Waals surface area contributed by atoms with E-state index in [-0.39, 0.29) is 12.4 Å². The van der Waals surface area contributed by atoms with E-state index >= 15 is 0 Å². The number of amides is 2. The third-order valence-corrected chi connectivity index (χ3v) is 6.74. The molecule has 2 aromatic rings. The first-order chi connectivity index (χ1) is 19.3. The number of pyridine rings is 1. The topological polar surface area (TPSA) is 116 Å². The van der Waals surface area contributed by atoms with E-state index in [2.05, 4.69) is 20.7 Å². The number of aromatic nitrogens is 1. The number of benzene rings is 1. The summed E-state index contributed by atoms with van der Waals surface area (Å²) in [5, 5.41) is 22.2. The maximum Gasteiger partial charge on any atom is 0.416 e. The highest BCUT2D eigenvalue weighted by atomic mass is 19.4. The van der Waals surface area contributed by atoms with Crippen LogP contribution in [-0.2, 0) is 15.7 Å². The molecule has 9 nitrogen and oxygen atoms in total. The predicted octanol–water partition coefficient (Wildman–Crippen LogP) is 5.21. The van der Waals surface area contributed by atoms with Crippen molar-refractivity contribution in [3.05, 3.63) is 59.8 Å². The van der Waals surface area contributed by atoms with E-state index in [0.717, 1.165) is 18.6 Å². The number of carbonyl (C=O) groups is 2. The van der Waals surface area contributed by atoms with Crippen LogP contribution in [0.5, 0.6) is 0 Å². The van der Waals surface area contributed by atoms with Crippen LogP contribution in [0.2, 0.25) is 0 Å². The van der Waals surface area contributed by atoms with Gasteiger partial charge in [-0.3, -0.25) is 9.80 Å². The molecule has 0 saturated carbocycles. The van der Waals surface area contributed by atoms with Crippen molar-refractivity contribution in [2.45, 2.75) is 77.8 Å². The zero-order valence-electron chi connectivity index (χ0n) is 23.7. The van der Waals surface area contributed by atoms with Gasteiger partial charge < -0.3 is 20.5 Å². The van der Waals surface area contributed by atoms with Gasteiger partial charge in [-0.2, -0.15) is 18.3 Å². The Kier molecular flexibility index (Phi) is 10.7. The van der Waals surface area contributed by atoms with Crippen LogP contribution >= 0.6 is 0 Å². The van der Waals surface area contributed by atoms with Gasteiger partial charge in [-0.15, -0.1) is 0 Å². The second-order valence-corrected chi connectivity index (χ2v) is 11.1. The molecule has 2 amide bonds. The minimum atomic E-state index is -4.41. The van der Waals surface area contributed by atoms with Crippen molar-refractivity contribution in [1.29, 1.82) is 0 Å². The molecule has 0 aliphatic carbocycles. The van der Waals surface area contributed by atoms with E-state index in [1.807, 2.05) is 27.7 Å². The highest BCUT2D eigenvalue weighted by molar-refractivity contribution is 6.01. The van der Waals surface area contributed by atoms with E-state index in [1.54, 1.807) is 23.2 Å². The van der Waals surface area contributed by atoms with Gasteiger partial charge in [-0.25, -0.2) is 9.78 Å². The van der Waals surface area contributed by atoms with E-state index in [0.29, 0.717) is 37.1 Å². The summed E-state index contributed by atoms with van der Waals surface area (Å²) < 4.78 is 44.5. The molecule has 2 heterocycles. The van der Waals surface area contributed by atoms with Crippen LogP contribution < -0.4 is 10.6 Å². The summed E-state index contributed by atoms with van der Waals surface area (Å²) in [4.78, 5) is 29.7.